The van der Waals surface area contributed by atoms with Gasteiger partial charge >= 0.3 is 0 Å². The number of hydrogen-bond acceptors (Lipinski definition) is 4. The number of aryl methyl sites for hydroxylation is 1. The van der Waals surface area contributed by atoms with Crippen molar-refractivity contribution in [3.63, 3.8) is 0 Å². The topological polar surface area (TPSA) is 75.7 Å². The van der Waals surface area contributed by atoms with Gasteiger partial charge in [-0.3, -0.25) is 4.79 Å². The van der Waals surface area contributed by atoms with E-state index in [1.807, 2.05) is 0 Å². The Hall–Kier alpha value is -1.15. The van der Waals surface area contributed by atoms with Crippen LogP contribution in [0.4, 0.5) is 0 Å². The first-order valence-corrected chi connectivity index (χ1v) is 8.64. The van der Waals surface area contributed by atoms with Crippen LogP contribution < -0.4 is 4.72 Å². The van der Waals surface area contributed by atoms with Crippen LogP contribution in [0.25, 0.3) is 0 Å². The summed E-state index contributed by atoms with van der Waals surface area (Å²) in [6.45, 7) is 4.42. The predicted molar refractivity (Wildman–Crippen MR) is 85.5 cm³/mol. The number of hydrogen-bond donors (Lipinski definition) is 1. The molecule has 0 saturated heterocycles. The van der Waals surface area contributed by atoms with Gasteiger partial charge in [0.2, 0.25) is 15.9 Å². The first-order chi connectivity index (χ1) is 10.3. The summed E-state index contributed by atoms with van der Waals surface area (Å²) in [6, 6.07) is 4.51. The van der Waals surface area contributed by atoms with Crippen LogP contribution in [0, 0.1) is 6.92 Å². The van der Waals surface area contributed by atoms with Gasteiger partial charge in [-0.05, 0) is 30.7 Å². The first kappa shape index (κ1) is 18.9. The van der Waals surface area contributed by atoms with E-state index in [1.54, 1.807) is 20.1 Å². The normalized spacial score (nSPS) is 11.5. The number of methoxy groups -OCH3 is 1. The van der Waals surface area contributed by atoms with E-state index >= 15 is 0 Å². The van der Waals surface area contributed by atoms with E-state index in [4.69, 9.17) is 16.3 Å². The zero-order chi connectivity index (χ0) is 16.8. The van der Waals surface area contributed by atoms with Crippen LogP contribution in [0.15, 0.2) is 23.1 Å². The van der Waals surface area contributed by atoms with Crippen LogP contribution in [0.5, 0.6) is 0 Å². The highest BCUT2D eigenvalue weighted by atomic mass is 35.5. The number of carbonyl (C=O) groups is 1. The van der Waals surface area contributed by atoms with Gasteiger partial charge in [0, 0.05) is 38.7 Å². The van der Waals surface area contributed by atoms with Crippen molar-refractivity contribution in [3.8, 4) is 0 Å². The summed E-state index contributed by atoms with van der Waals surface area (Å²) in [6.07, 6.45) is 0. The number of benzene rings is 1. The molecular weight excluding hydrogens is 328 g/mol. The second kappa shape index (κ2) is 8.47. The van der Waals surface area contributed by atoms with Crippen molar-refractivity contribution in [1.82, 2.24) is 9.62 Å². The Morgan fingerprint density at radius 3 is 2.59 bits per heavy atom. The highest BCUT2D eigenvalue weighted by molar-refractivity contribution is 7.89. The van der Waals surface area contributed by atoms with Crippen molar-refractivity contribution < 1.29 is 17.9 Å². The monoisotopic (exact) mass is 348 g/mol. The summed E-state index contributed by atoms with van der Waals surface area (Å²) in [5.41, 5.74) is 0.690. The third-order valence-electron chi connectivity index (χ3n) is 3.12. The fraction of sp³-hybridized carbons (Fsp3) is 0.500. The molecule has 0 aromatic heterocycles. The SMILES string of the molecule is COCCN(CCNS(=O)(=O)c1ccc(Cl)c(C)c1)C(C)=O. The summed E-state index contributed by atoms with van der Waals surface area (Å²) in [7, 11) is -2.07. The number of ether oxygens (including phenoxy) is 1. The molecule has 1 N–H and O–H groups in total. The van der Waals surface area contributed by atoms with Crippen LogP contribution in [0.3, 0.4) is 0 Å². The van der Waals surface area contributed by atoms with Crippen LogP contribution in [-0.4, -0.2) is 52.6 Å². The Kier molecular flexibility index (Phi) is 7.28. The van der Waals surface area contributed by atoms with Gasteiger partial charge in [0.1, 0.15) is 0 Å². The summed E-state index contributed by atoms with van der Waals surface area (Å²) in [4.78, 5) is 13.1. The van der Waals surface area contributed by atoms with Gasteiger partial charge in [-0.15, -0.1) is 0 Å². The lowest BCUT2D eigenvalue weighted by Crippen LogP contribution is -2.39. The average molecular weight is 349 g/mol. The third-order valence-corrected chi connectivity index (χ3v) is 5.01. The maximum atomic E-state index is 12.2. The van der Waals surface area contributed by atoms with Crippen molar-refractivity contribution in [3.05, 3.63) is 28.8 Å². The number of amides is 1. The molecule has 0 spiro atoms. The largest absolute Gasteiger partial charge is 0.383 e. The molecule has 1 aromatic carbocycles. The van der Waals surface area contributed by atoms with Crippen LogP contribution in [0.2, 0.25) is 5.02 Å². The van der Waals surface area contributed by atoms with Gasteiger partial charge in [-0.1, -0.05) is 11.6 Å². The minimum Gasteiger partial charge on any atom is -0.383 e. The smallest absolute Gasteiger partial charge is 0.240 e. The van der Waals surface area contributed by atoms with Gasteiger partial charge < -0.3 is 9.64 Å². The van der Waals surface area contributed by atoms with Gasteiger partial charge in [0.05, 0.1) is 11.5 Å². The maximum absolute atomic E-state index is 12.2. The molecule has 1 aromatic rings. The molecule has 1 amide bonds. The molecular formula is C14H21ClN2O4S. The van der Waals surface area contributed by atoms with E-state index in [2.05, 4.69) is 4.72 Å². The van der Waals surface area contributed by atoms with E-state index in [0.717, 1.165) is 0 Å². The molecule has 1 rings (SSSR count). The molecule has 0 aliphatic rings. The highest BCUT2D eigenvalue weighted by Gasteiger charge is 2.16. The maximum Gasteiger partial charge on any atom is 0.240 e. The lowest BCUT2D eigenvalue weighted by atomic mass is 10.2. The van der Waals surface area contributed by atoms with E-state index in [0.29, 0.717) is 23.7 Å². The number of nitrogens with one attached hydrogen (secondary N) is 1. The zero-order valence-corrected chi connectivity index (χ0v) is 14.5. The molecule has 0 heterocycles. The molecule has 8 heteroatoms. The van der Waals surface area contributed by atoms with Crippen LogP contribution in [0.1, 0.15) is 12.5 Å². The predicted octanol–water partition coefficient (Wildman–Crippen LogP) is 1.42. The van der Waals surface area contributed by atoms with Crippen molar-refractivity contribution in [2.75, 3.05) is 33.4 Å². The minimum absolute atomic E-state index is 0.126. The number of nitrogens with zero attached hydrogens (tertiary/aromatic N) is 1. The minimum atomic E-state index is -3.62. The second-order valence-corrected chi connectivity index (χ2v) is 6.98. The first-order valence-electron chi connectivity index (χ1n) is 6.78. The number of halogens is 1. The Bertz CT molecular complexity index is 619. The van der Waals surface area contributed by atoms with Gasteiger partial charge in [-0.25, -0.2) is 13.1 Å². The average Bonchev–Trinajstić information content (AvgIpc) is 2.45. The summed E-state index contributed by atoms with van der Waals surface area (Å²) >= 11 is 5.89. The number of carbonyl (C=O) groups excluding carboxylic acids is 1. The molecule has 0 bridgehead atoms. The molecule has 0 atom stereocenters. The number of sulfonamides is 1. The molecule has 0 aliphatic carbocycles. The highest BCUT2D eigenvalue weighted by Crippen LogP contribution is 2.19. The fourth-order valence-electron chi connectivity index (χ4n) is 1.81. The Morgan fingerprint density at radius 1 is 1.36 bits per heavy atom. The Morgan fingerprint density at radius 2 is 2.05 bits per heavy atom. The summed E-state index contributed by atoms with van der Waals surface area (Å²) < 4.78 is 31.8. The molecule has 0 fully saturated rings. The third kappa shape index (κ3) is 5.57. The second-order valence-electron chi connectivity index (χ2n) is 4.81. The van der Waals surface area contributed by atoms with Gasteiger partial charge in [0.15, 0.2) is 0 Å². The molecule has 6 nitrogen and oxygen atoms in total. The molecule has 124 valence electrons. The van der Waals surface area contributed by atoms with E-state index in [9.17, 15) is 13.2 Å². The fourth-order valence-corrected chi connectivity index (χ4v) is 3.03. The van der Waals surface area contributed by atoms with E-state index < -0.39 is 10.0 Å². The molecule has 0 radical (unpaired) electrons. The standard InChI is InChI=1S/C14H21ClN2O4S/c1-11-10-13(4-5-14(11)15)22(19,20)16-6-7-17(12(2)18)8-9-21-3/h4-5,10,16H,6-9H2,1-3H3. The molecule has 0 unspecified atom stereocenters. The summed E-state index contributed by atoms with van der Waals surface area (Å²) in [5, 5.41) is 0.515. The lowest BCUT2D eigenvalue weighted by Gasteiger charge is -2.20. The van der Waals surface area contributed by atoms with Crippen molar-refractivity contribution in [2.45, 2.75) is 18.7 Å². The van der Waals surface area contributed by atoms with E-state index in [-0.39, 0.29) is 23.9 Å². The Labute approximate surface area is 136 Å². The molecule has 0 aliphatic heterocycles. The van der Waals surface area contributed by atoms with Crippen LogP contribution in [-0.2, 0) is 19.6 Å². The molecule has 22 heavy (non-hydrogen) atoms. The zero-order valence-electron chi connectivity index (χ0n) is 12.9. The lowest BCUT2D eigenvalue weighted by molar-refractivity contribution is -0.129. The Balaban J connectivity index is 2.65. The number of rotatable bonds is 8. The van der Waals surface area contributed by atoms with Gasteiger partial charge in [0.25, 0.3) is 0 Å². The van der Waals surface area contributed by atoms with Gasteiger partial charge in [-0.2, -0.15) is 0 Å². The summed E-state index contributed by atoms with van der Waals surface area (Å²) in [5.74, 6) is -0.126. The van der Waals surface area contributed by atoms with Crippen molar-refractivity contribution >= 4 is 27.5 Å². The van der Waals surface area contributed by atoms with Crippen molar-refractivity contribution in [2.24, 2.45) is 0 Å². The van der Waals surface area contributed by atoms with E-state index in [1.165, 1.54) is 24.0 Å². The quantitative estimate of drug-likeness (QED) is 0.771. The van der Waals surface area contributed by atoms with Crippen LogP contribution >= 0.6 is 11.6 Å². The van der Waals surface area contributed by atoms with Crippen molar-refractivity contribution in [1.29, 1.82) is 0 Å². The molecule has 0 saturated carbocycles.